The molecule has 2 nitrogen and oxygen atoms in total. The standard InChI is InChI=1S/C12H16BrFN2/c13-10-1-2-12(14)9(7-10)8-16-11-3-5-15-6-4-11/h1-2,7,11,15-16H,3-6,8H2. The lowest BCUT2D eigenvalue weighted by atomic mass is 10.1. The van der Waals surface area contributed by atoms with Gasteiger partial charge >= 0.3 is 0 Å². The van der Waals surface area contributed by atoms with E-state index in [0.29, 0.717) is 12.6 Å². The van der Waals surface area contributed by atoms with E-state index in [0.717, 1.165) is 36.0 Å². The molecule has 1 aromatic rings. The fourth-order valence-corrected chi connectivity index (χ4v) is 2.37. The van der Waals surface area contributed by atoms with Crippen LogP contribution in [0.3, 0.4) is 0 Å². The van der Waals surface area contributed by atoms with Crippen molar-refractivity contribution in [2.45, 2.75) is 25.4 Å². The molecule has 0 bridgehead atoms. The maximum Gasteiger partial charge on any atom is 0.127 e. The number of rotatable bonds is 3. The van der Waals surface area contributed by atoms with E-state index >= 15 is 0 Å². The third-order valence-corrected chi connectivity index (χ3v) is 3.42. The van der Waals surface area contributed by atoms with Crippen LogP contribution in [0.4, 0.5) is 4.39 Å². The molecule has 16 heavy (non-hydrogen) atoms. The number of hydrogen-bond donors (Lipinski definition) is 2. The van der Waals surface area contributed by atoms with E-state index in [-0.39, 0.29) is 5.82 Å². The summed E-state index contributed by atoms with van der Waals surface area (Å²) in [5.41, 5.74) is 0.730. The molecule has 0 saturated carbocycles. The first-order valence-electron chi connectivity index (χ1n) is 5.64. The maximum atomic E-state index is 13.5. The van der Waals surface area contributed by atoms with Gasteiger partial charge in [0.2, 0.25) is 0 Å². The molecule has 1 aliphatic rings. The van der Waals surface area contributed by atoms with Crippen LogP contribution < -0.4 is 10.6 Å². The fourth-order valence-electron chi connectivity index (χ4n) is 1.96. The molecule has 0 aliphatic carbocycles. The maximum absolute atomic E-state index is 13.5. The summed E-state index contributed by atoms with van der Waals surface area (Å²) in [5.74, 6) is -0.135. The lowest BCUT2D eigenvalue weighted by molar-refractivity contribution is 0.384. The highest BCUT2D eigenvalue weighted by atomic mass is 79.9. The lowest BCUT2D eigenvalue weighted by Crippen LogP contribution is -2.39. The minimum absolute atomic E-state index is 0.135. The molecule has 1 aliphatic heterocycles. The highest BCUT2D eigenvalue weighted by molar-refractivity contribution is 9.10. The van der Waals surface area contributed by atoms with Gasteiger partial charge in [-0.3, -0.25) is 0 Å². The third kappa shape index (κ3) is 3.27. The van der Waals surface area contributed by atoms with Crippen molar-refractivity contribution in [1.82, 2.24) is 10.6 Å². The van der Waals surface area contributed by atoms with Gasteiger partial charge in [0.1, 0.15) is 5.82 Å². The van der Waals surface area contributed by atoms with Crippen LogP contribution in [0, 0.1) is 5.82 Å². The molecule has 0 radical (unpaired) electrons. The summed E-state index contributed by atoms with van der Waals surface area (Å²) in [5, 5.41) is 6.72. The predicted molar refractivity (Wildman–Crippen MR) is 66.8 cm³/mol. The summed E-state index contributed by atoms with van der Waals surface area (Å²) in [7, 11) is 0. The van der Waals surface area contributed by atoms with Gasteiger partial charge < -0.3 is 10.6 Å². The van der Waals surface area contributed by atoms with Crippen LogP contribution in [0.2, 0.25) is 0 Å². The lowest BCUT2D eigenvalue weighted by Gasteiger charge is -2.23. The van der Waals surface area contributed by atoms with Crippen LogP contribution in [0.1, 0.15) is 18.4 Å². The Balaban J connectivity index is 1.90. The Morgan fingerprint density at radius 3 is 2.88 bits per heavy atom. The van der Waals surface area contributed by atoms with Crippen molar-refractivity contribution in [3.63, 3.8) is 0 Å². The number of nitrogens with one attached hydrogen (secondary N) is 2. The van der Waals surface area contributed by atoms with Gasteiger partial charge in [0.05, 0.1) is 0 Å². The molecule has 0 atom stereocenters. The number of benzene rings is 1. The van der Waals surface area contributed by atoms with Crippen molar-refractivity contribution in [2.75, 3.05) is 13.1 Å². The minimum Gasteiger partial charge on any atom is -0.317 e. The average Bonchev–Trinajstić information content (AvgIpc) is 2.32. The van der Waals surface area contributed by atoms with Gasteiger partial charge in [-0.1, -0.05) is 15.9 Å². The number of hydrogen-bond acceptors (Lipinski definition) is 2. The zero-order valence-corrected chi connectivity index (χ0v) is 10.7. The molecule has 0 spiro atoms. The van der Waals surface area contributed by atoms with E-state index in [1.807, 2.05) is 6.07 Å². The van der Waals surface area contributed by atoms with Crippen LogP contribution in [0.15, 0.2) is 22.7 Å². The highest BCUT2D eigenvalue weighted by Gasteiger charge is 2.12. The Labute approximate surface area is 104 Å². The van der Waals surface area contributed by atoms with Crippen molar-refractivity contribution < 1.29 is 4.39 Å². The van der Waals surface area contributed by atoms with Gasteiger partial charge in [0.25, 0.3) is 0 Å². The Morgan fingerprint density at radius 1 is 1.38 bits per heavy atom. The molecule has 0 aromatic heterocycles. The summed E-state index contributed by atoms with van der Waals surface area (Å²) in [6, 6.07) is 5.58. The Hall–Kier alpha value is -0.450. The molecule has 2 N–H and O–H groups in total. The van der Waals surface area contributed by atoms with E-state index in [1.54, 1.807) is 6.07 Å². The quantitative estimate of drug-likeness (QED) is 0.892. The van der Waals surface area contributed by atoms with Gasteiger partial charge in [-0.25, -0.2) is 4.39 Å². The van der Waals surface area contributed by atoms with Crippen molar-refractivity contribution in [3.05, 3.63) is 34.1 Å². The first kappa shape index (κ1) is 12.0. The van der Waals surface area contributed by atoms with Crippen molar-refractivity contribution >= 4 is 15.9 Å². The van der Waals surface area contributed by atoms with E-state index in [9.17, 15) is 4.39 Å². The van der Waals surface area contributed by atoms with Crippen LogP contribution >= 0.6 is 15.9 Å². The molecule has 1 saturated heterocycles. The topological polar surface area (TPSA) is 24.1 Å². The summed E-state index contributed by atoms with van der Waals surface area (Å²) in [6.45, 7) is 2.72. The monoisotopic (exact) mass is 286 g/mol. The first-order valence-corrected chi connectivity index (χ1v) is 6.43. The second kappa shape index (κ2) is 5.75. The molecule has 88 valence electrons. The summed E-state index contributed by atoms with van der Waals surface area (Å²) in [6.07, 6.45) is 2.24. The smallest absolute Gasteiger partial charge is 0.127 e. The summed E-state index contributed by atoms with van der Waals surface area (Å²) >= 11 is 3.36. The Bertz CT molecular complexity index is 351. The molecule has 1 aromatic carbocycles. The highest BCUT2D eigenvalue weighted by Crippen LogP contribution is 2.16. The van der Waals surface area contributed by atoms with Crippen LogP contribution in [-0.2, 0) is 6.54 Å². The van der Waals surface area contributed by atoms with Crippen LogP contribution in [0.25, 0.3) is 0 Å². The molecule has 1 heterocycles. The third-order valence-electron chi connectivity index (χ3n) is 2.93. The van der Waals surface area contributed by atoms with Crippen LogP contribution in [-0.4, -0.2) is 19.1 Å². The molecular weight excluding hydrogens is 271 g/mol. The van der Waals surface area contributed by atoms with E-state index in [4.69, 9.17) is 0 Å². The average molecular weight is 287 g/mol. The fraction of sp³-hybridized carbons (Fsp3) is 0.500. The van der Waals surface area contributed by atoms with Crippen LogP contribution in [0.5, 0.6) is 0 Å². The van der Waals surface area contributed by atoms with Gasteiger partial charge in [-0.2, -0.15) is 0 Å². The van der Waals surface area contributed by atoms with Gasteiger partial charge in [0.15, 0.2) is 0 Å². The molecule has 0 unspecified atom stereocenters. The molecule has 1 fully saturated rings. The SMILES string of the molecule is Fc1ccc(Br)cc1CNC1CCNCC1. The van der Waals surface area contributed by atoms with E-state index in [1.165, 1.54) is 6.07 Å². The largest absolute Gasteiger partial charge is 0.317 e. The number of piperidine rings is 1. The van der Waals surface area contributed by atoms with E-state index < -0.39 is 0 Å². The zero-order chi connectivity index (χ0) is 11.4. The molecular formula is C12H16BrFN2. The zero-order valence-electron chi connectivity index (χ0n) is 9.10. The first-order chi connectivity index (χ1) is 7.75. The van der Waals surface area contributed by atoms with Crippen molar-refractivity contribution in [2.24, 2.45) is 0 Å². The van der Waals surface area contributed by atoms with Crippen molar-refractivity contribution in [3.8, 4) is 0 Å². The normalized spacial score (nSPS) is 17.6. The van der Waals surface area contributed by atoms with Gasteiger partial charge in [-0.05, 0) is 44.1 Å². The van der Waals surface area contributed by atoms with Gasteiger partial charge in [0, 0.05) is 22.6 Å². The Morgan fingerprint density at radius 2 is 2.12 bits per heavy atom. The predicted octanol–water partition coefficient (Wildman–Crippen LogP) is 2.43. The summed E-state index contributed by atoms with van der Waals surface area (Å²) in [4.78, 5) is 0. The van der Waals surface area contributed by atoms with E-state index in [2.05, 4.69) is 26.6 Å². The van der Waals surface area contributed by atoms with Crippen molar-refractivity contribution in [1.29, 1.82) is 0 Å². The molecule has 0 amide bonds. The molecule has 2 rings (SSSR count). The summed E-state index contributed by atoms with van der Waals surface area (Å²) < 4.78 is 14.4. The second-order valence-electron chi connectivity index (χ2n) is 4.14. The second-order valence-corrected chi connectivity index (χ2v) is 5.06. The Kier molecular flexibility index (Phi) is 4.32. The van der Waals surface area contributed by atoms with Gasteiger partial charge in [-0.15, -0.1) is 0 Å². The molecule has 4 heteroatoms. The minimum atomic E-state index is -0.135. The number of halogens is 2.